The summed E-state index contributed by atoms with van der Waals surface area (Å²) in [5, 5.41) is 50.0. The van der Waals surface area contributed by atoms with Gasteiger partial charge in [-0.2, -0.15) is 55.9 Å². The maximum Gasteiger partial charge on any atom is 0.425 e. The zero-order valence-corrected chi connectivity index (χ0v) is 45.1. The van der Waals surface area contributed by atoms with Crippen LogP contribution in [0.15, 0.2) is 183 Å². The Morgan fingerprint density at radius 1 is 0.405 bits per heavy atom. The highest BCUT2D eigenvalue weighted by atomic mass is 32.2. The molecule has 0 aromatic heterocycles. The highest BCUT2D eigenvalue weighted by Crippen LogP contribution is 2.40. The average molecular weight is 1170 g/mol. The summed E-state index contributed by atoms with van der Waals surface area (Å²) in [6, 6.07) is 32.5. The van der Waals surface area contributed by atoms with E-state index in [-0.39, 0.29) is 33.6 Å². The summed E-state index contributed by atoms with van der Waals surface area (Å²) in [4.78, 5) is -1.49. The van der Waals surface area contributed by atoms with Gasteiger partial charge in [-0.25, -0.2) is 0 Å². The SMILES string of the molecule is Cc1cc(N=Nc2cc(C)c(N=Nc3ccc4cc(Nc5ccc(N)c(S(=O)(=O)O)c5)ccc4c3O)cc2C)ccc1N=Nc1ccc(N=Nc2cc3c(S(=O)(=O)O)cccc3cc2S(=O)(=O)O)c(C)c1.O=S(=O)=O.O=S(=O)=O. The first-order chi connectivity index (χ1) is 37.0. The number of aromatic hydroxyl groups is 1. The molecular weight excluding hydrogens is 1130 g/mol. The van der Waals surface area contributed by atoms with Crippen LogP contribution in [0.25, 0.3) is 21.5 Å². The zero-order chi connectivity index (χ0) is 58.1. The Morgan fingerprint density at radius 2 is 0.835 bits per heavy atom. The van der Waals surface area contributed by atoms with Crippen molar-refractivity contribution < 1.29 is 69.3 Å². The van der Waals surface area contributed by atoms with Gasteiger partial charge in [-0.05, 0) is 170 Å². The van der Waals surface area contributed by atoms with Gasteiger partial charge in [0, 0.05) is 22.1 Å². The van der Waals surface area contributed by atoms with Crippen molar-refractivity contribution in [3.63, 3.8) is 0 Å². The van der Waals surface area contributed by atoms with E-state index in [4.69, 9.17) is 31.0 Å². The van der Waals surface area contributed by atoms with Gasteiger partial charge in [0.05, 0.1) is 39.8 Å². The molecule has 31 heteroatoms. The van der Waals surface area contributed by atoms with E-state index in [0.717, 1.165) is 34.9 Å². The highest BCUT2D eigenvalue weighted by molar-refractivity contribution is 7.86. The Morgan fingerprint density at radius 3 is 1.37 bits per heavy atom. The van der Waals surface area contributed by atoms with Crippen molar-refractivity contribution in [3.05, 3.63) is 150 Å². The monoisotopic (exact) mass is 1170 g/mol. The summed E-state index contributed by atoms with van der Waals surface area (Å²) in [5.74, 6) is -0.0866. The number of anilines is 3. The molecule has 0 bridgehead atoms. The van der Waals surface area contributed by atoms with E-state index in [1.54, 1.807) is 79.7 Å². The summed E-state index contributed by atoms with van der Waals surface area (Å²) in [6.45, 7) is 7.28. The molecule has 0 fully saturated rings. The van der Waals surface area contributed by atoms with Crippen LogP contribution in [-0.2, 0) is 51.6 Å². The van der Waals surface area contributed by atoms with E-state index < -0.39 is 66.3 Å². The minimum Gasteiger partial charge on any atom is -0.505 e. The van der Waals surface area contributed by atoms with Gasteiger partial charge in [-0.3, -0.25) is 13.7 Å². The number of hydrogen-bond donors (Lipinski definition) is 6. The third-order valence-corrected chi connectivity index (χ3v) is 13.7. The fraction of sp³-hybridized carbons (Fsp3) is 0.0833. The number of fused-ring (bicyclic) bond motifs is 2. The van der Waals surface area contributed by atoms with E-state index in [1.165, 1.54) is 24.3 Å². The zero-order valence-electron chi connectivity index (χ0n) is 41.0. The molecule has 0 aliphatic rings. The van der Waals surface area contributed by atoms with Crippen molar-refractivity contribution in [1.29, 1.82) is 0 Å². The quantitative estimate of drug-likeness (QED) is 0.0355. The predicted octanol–water partition coefficient (Wildman–Crippen LogP) is 11.7. The Labute approximate surface area is 452 Å². The molecule has 408 valence electrons. The van der Waals surface area contributed by atoms with Crippen molar-refractivity contribution in [2.45, 2.75) is 42.4 Å². The first-order valence-corrected chi connectivity index (χ1v) is 28.2. The first kappa shape index (κ1) is 59.3. The normalized spacial score (nSPS) is 12.0. The van der Waals surface area contributed by atoms with Gasteiger partial charge < -0.3 is 16.2 Å². The van der Waals surface area contributed by atoms with Gasteiger partial charge in [0.25, 0.3) is 30.4 Å². The van der Waals surface area contributed by atoms with Crippen LogP contribution < -0.4 is 11.1 Å². The number of benzene rings is 8. The smallest absolute Gasteiger partial charge is 0.425 e. The van der Waals surface area contributed by atoms with E-state index >= 15 is 0 Å². The molecule has 0 aliphatic heterocycles. The number of hydrogen-bond acceptors (Lipinski definition) is 23. The molecule has 8 rings (SSSR count). The first-order valence-electron chi connectivity index (χ1n) is 21.9. The topological polar surface area (TPSA) is 423 Å². The molecule has 0 atom stereocenters. The number of phenols is 1. The Kier molecular flexibility index (Phi) is 18.5. The highest BCUT2D eigenvalue weighted by Gasteiger charge is 2.22. The molecule has 26 nitrogen and oxygen atoms in total. The van der Waals surface area contributed by atoms with Gasteiger partial charge in [0.1, 0.15) is 26.1 Å². The molecule has 0 spiro atoms. The van der Waals surface area contributed by atoms with Gasteiger partial charge in [0.2, 0.25) is 0 Å². The van der Waals surface area contributed by atoms with Gasteiger partial charge in [-0.15, -0.1) is 35.5 Å². The lowest BCUT2D eigenvalue weighted by Gasteiger charge is -2.11. The number of nitrogens with one attached hydrogen (secondary N) is 1. The number of rotatable bonds is 13. The van der Waals surface area contributed by atoms with Crippen LogP contribution in [0.5, 0.6) is 5.75 Å². The standard InChI is InChI=1S/C48H40N10O10S3.2O3S/c1-26-18-35(11-16-39(26)53-51-34-12-17-40(27(2)19-34)54-58-44-25-37-30(23-47(44)71(66,67)68)6-5-7-45(37)69(60,61)62)52-56-42-20-29(4)43(21-28(42)3)57-55-41-15-8-31-22-32(9-13-36(31)48(41)59)50-33-10-14-38(49)46(24-33)70(63,64)65;2*1-4(2)3/h5-25,50,59H,49H2,1-4H3,(H,60,61,62)(H,63,64,65)(H,66,67,68);;. The molecule has 0 aliphatic carbocycles. The summed E-state index contributed by atoms with van der Waals surface area (Å²) in [6.07, 6.45) is 0. The maximum absolute atomic E-state index is 12.2. The molecule has 0 saturated carbocycles. The molecule has 0 unspecified atom stereocenters. The number of phenolic OH excluding ortho intramolecular Hbond substituents is 1. The fourth-order valence-corrected chi connectivity index (χ4v) is 9.29. The third-order valence-electron chi connectivity index (χ3n) is 11.0. The predicted molar refractivity (Wildman–Crippen MR) is 288 cm³/mol. The van der Waals surface area contributed by atoms with Gasteiger partial charge >= 0.3 is 21.2 Å². The van der Waals surface area contributed by atoms with Crippen LogP contribution >= 0.6 is 0 Å². The minimum absolute atomic E-state index is 0.0225. The van der Waals surface area contributed by atoms with Crippen molar-refractivity contribution in [3.8, 4) is 5.75 Å². The largest absolute Gasteiger partial charge is 0.505 e. The van der Waals surface area contributed by atoms with E-state index in [9.17, 15) is 44.0 Å². The summed E-state index contributed by atoms with van der Waals surface area (Å²) >= 11 is 0. The molecule has 7 N–H and O–H groups in total. The van der Waals surface area contributed by atoms with Crippen LogP contribution in [-0.4, -0.2) is 69.3 Å². The van der Waals surface area contributed by atoms with Gasteiger partial charge in [-0.1, -0.05) is 18.2 Å². The molecule has 0 radical (unpaired) electrons. The number of aryl methyl sites for hydroxylation is 4. The second-order valence-electron chi connectivity index (χ2n) is 16.5. The number of nitrogens with two attached hydrogens (primary N) is 1. The lowest BCUT2D eigenvalue weighted by Crippen LogP contribution is -2.04. The van der Waals surface area contributed by atoms with Gasteiger partial charge in [0.15, 0.2) is 5.75 Å². The maximum atomic E-state index is 12.2. The molecule has 0 heterocycles. The van der Waals surface area contributed by atoms with E-state index in [2.05, 4.69) is 46.2 Å². The second-order valence-corrected chi connectivity index (χ2v) is 21.5. The molecule has 0 saturated heterocycles. The van der Waals surface area contributed by atoms with E-state index in [1.807, 2.05) is 32.9 Å². The minimum atomic E-state index is -4.81. The Hall–Kier alpha value is -8.95. The summed E-state index contributed by atoms with van der Waals surface area (Å²) < 4.78 is 152. The van der Waals surface area contributed by atoms with E-state index in [0.29, 0.717) is 61.8 Å². The summed E-state index contributed by atoms with van der Waals surface area (Å²) in [7, 11) is -20.2. The lowest BCUT2D eigenvalue weighted by molar-refractivity contribution is 0.481. The van der Waals surface area contributed by atoms with Crippen molar-refractivity contribution in [1.82, 2.24) is 0 Å². The van der Waals surface area contributed by atoms with Crippen LogP contribution in [0, 0.1) is 27.7 Å². The number of azo groups is 4. The van der Waals surface area contributed by atoms with Crippen LogP contribution in [0.3, 0.4) is 0 Å². The summed E-state index contributed by atoms with van der Waals surface area (Å²) in [5.41, 5.74) is 12.4. The molecule has 8 aromatic carbocycles. The average Bonchev–Trinajstić information content (AvgIpc) is 3.41. The molecular formula is C48H40N10O16S5. The molecule has 8 aromatic rings. The fourth-order valence-electron chi connectivity index (χ4n) is 7.30. The second kappa shape index (κ2) is 24.6. The van der Waals surface area contributed by atoms with Crippen LogP contribution in [0.4, 0.5) is 62.6 Å². The number of nitrogens with zero attached hydrogens (tertiary/aromatic N) is 8. The Balaban J connectivity index is 0.00000118. The number of nitrogen functional groups attached to an aromatic ring is 1. The van der Waals surface area contributed by atoms with Crippen molar-refractivity contribution in [2.24, 2.45) is 40.9 Å². The van der Waals surface area contributed by atoms with Crippen LogP contribution in [0.2, 0.25) is 0 Å². The molecule has 79 heavy (non-hydrogen) atoms. The molecule has 0 amide bonds. The Bertz CT molecular complexity index is 4450. The van der Waals surface area contributed by atoms with Crippen molar-refractivity contribution in [2.75, 3.05) is 11.1 Å². The van der Waals surface area contributed by atoms with Crippen molar-refractivity contribution >= 4 is 136 Å². The lowest BCUT2D eigenvalue weighted by atomic mass is 10.1. The van der Waals surface area contributed by atoms with Crippen LogP contribution in [0.1, 0.15) is 22.3 Å². The third kappa shape index (κ3) is 15.8.